The fourth-order valence-electron chi connectivity index (χ4n) is 0.985. The Labute approximate surface area is 76.3 Å². The predicted molar refractivity (Wildman–Crippen MR) is 47.4 cm³/mol. The van der Waals surface area contributed by atoms with Gasteiger partial charge in [-0.05, 0) is 22.0 Å². The first-order valence-electron chi connectivity index (χ1n) is 3.25. The van der Waals surface area contributed by atoms with Gasteiger partial charge in [0.15, 0.2) is 0 Å². The Balaban J connectivity index is 2.83. The Morgan fingerprint density at radius 2 is 2.33 bits per heavy atom. The topological polar surface area (TPSA) is 47.8 Å². The number of aromatic nitrogens is 3. The zero-order chi connectivity index (χ0) is 8.55. The average Bonchev–Trinajstić information content (AvgIpc) is 2.46. The molecule has 2 rings (SSSR count). The first-order valence-corrected chi connectivity index (χ1v) is 4.04. The first kappa shape index (κ1) is 7.42. The second kappa shape index (κ2) is 2.67. The molecule has 0 aliphatic rings. The van der Waals surface area contributed by atoms with E-state index in [2.05, 4.69) is 26.0 Å². The smallest absolute Gasteiger partial charge is 0.234 e. The van der Waals surface area contributed by atoms with Crippen LogP contribution in [0.2, 0.25) is 0 Å². The predicted octanol–water partition coefficient (Wildman–Crippen LogP) is 1.23. The summed E-state index contributed by atoms with van der Waals surface area (Å²) in [5.74, 6) is 0. The number of halogens is 1. The first-order chi connectivity index (χ1) is 5.81. The molecule has 0 bridgehead atoms. The van der Waals surface area contributed by atoms with Gasteiger partial charge in [0.1, 0.15) is 5.52 Å². The summed E-state index contributed by atoms with van der Waals surface area (Å²) in [6.45, 7) is 0. The van der Waals surface area contributed by atoms with Gasteiger partial charge >= 0.3 is 0 Å². The molecule has 2 heterocycles. The second-order valence-corrected chi connectivity index (χ2v) is 3.17. The summed E-state index contributed by atoms with van der Waals surface area (Å²) >= 11 is 3.26. The molecule has 0 spiro atoms. The van der Waals surface area contributed by atoms with Crippen molar-refractivity contribution < 1.29 is 4.79 Å². The lowest BCUT2D eigenvalue weighted by Crippen LogP contribution is -1.95. The third-order valence-corrected chi connectivity index (χ3v) is 1.95. The summed E-state index contributed by atoms with van der Waals surface area (Å²) < 4.78 is 2.08. The maximum absolute atomic E-state index is 10.5. The Kier molecular flexibility index (Phi) is 1.65. The number of hydrogen-bond donors (Lipinski definition) is 0. The van der Waals surface area contributed by atoms with Crippen LogP contribution < -0.4 is 0 Å². The molecular weight excluding hydrogens is 222 g/mol. The quantitative estimate of drug-likeness (QED) is 0.687. The fourth-order valence-corrected chi connectivity index (χ4v) is 1.30. The second-order valence-electron chi connectivity index (χ2n) is 2.25. The maximum Gasteiger partial charge on any atom is 0.234 e. The van der Waals surface area contributed by atoms with E-state index >= 15 is 0 Å². The monoisotopic (exact) mass is 225 g/mol. The van der Waals surface area contributed by atoms with Gasteiger partial charge in [0, 0.05) is 10.7 Å². The van der Waals surface area contributed by atoms with Crippen molar-refractivity contribution >= 4 is 33.4 Å². The minimum Gasteiger partial charge on any atom is -0.276 e. The molecule has 0 amide bonds. The van der Waals surface area contributed by atoms with Crippen molar-refractivity contribution in [3.05, 3.63) is 22.9 Å². The van der Waals surface area contributed by atoms with Crippen molar-refractivity contribution in [2.75, 3.05) is 0 Å². The van der Waals surface area contributed by atoms with Crippen molar-refractivity contribution in [1.82, 2.24) is 14.8 Å². The van der Waals surface area contributed by atoms with Crippen molar-refractivity contribution in [3.63, 3.8) is 0 Å². The molecule has 0 saturated carbocycles. The van der Waals surface area contributed by atoms with E-state index in [9.17, 15) is 4.79 Å². The third kappa shape index (κ3) is 1.02. The Hall–Kier alpha value is -1.23. The number of pyridine rings is 1. The molecule has 0 radical (unpaired) electrons. The summed E-state index contributed by atoms with van der Waals surface area (Å²) in [4.78, 5) is 14.5. The molecule has 0 aliphatic heterocycles. The lowest BCUT2D eigenvalue weighted by molar-refractivity contribution is 0.542. The molecule has 0 aromatic carbocycles. The molecule has 60 valence electrons. The molecule has 0 atom stereocenters. The van der Waals surface area contributed by atoms with Crippen LogP contribution in [0.15, 0.2) is 22.9 Å². The van der Waals surface area contributed by atoms with E-state index in [4.69, 9.17) is 0 Å². The fraction of sp³-hybridized carbons (Fsp3) is 0. The van der Waals surface area contributed by atoms with Gasteiger partial charge in [-0.3, -0.25) is 9.78 Å². The number of fused-ring (bicyclic) bond motifs is 1. The number of rotatable bonds is 1. The lowest BCUT2D eigenvalue weighted by Gasteiger charge is -1.91. The third-order valence-electron chi connectivity index (χ3n) is 1.52. The van der Waals surface area contributed by atoms with E-state index in [1.165, 1.54) is 4.68 Å². The molecule has 0 saturated heterocycles. The summed E-state index contributed by atoms with van der Waals surface area (Å²) in [5, 5.41) is 3.82. The lowest BCUT2D eigenvalue weighted by atomic mass is 10.4. The van der Waals surface area contributed by atoms with E-state index in [0.29, 0.717) is 17.4 Å². The Morgan fingerprint density at radius 1 is 1.50 bits per heavy atom. The van der Waals surface area contributed by atoms with E-state index in [1.807, 2.05) is 0 Å². The molecule has 4 nitrogen and oxygen atoms in total. The summed E-state index contributed by atoms with van der Waals surface area (Å²) in [6.07, 6.45) is 3.87. The summed E-state index contributed by atoms with van der Waals surface area (Å²) in [7, 11) is 0. The van der Waals surface area contributed by atoms with Gasteiger partial charge in [0.25, 0.3) is 0 Å². The number of hydrogen-bond acceptors (Lipinski definition) is 3. The minimum atomic E-state index is 0.649. The zero-order valence-electron chi connectivity index (χ0n) is 5.94. The number of carbonyl (C=O) groups is 1. The van der Waals surface area contributed by atoms with Gasteiger partial charge in [-0.1, -0.05) is 0 Å². The van der Waals surface area contributed by atoms with E-state index in [-0.39, 0.29) is 0 Å². The highest BCUT2D eigenvalue weighted by Gasteiger charge is 2.01. The summed E-state index contributed by atoms with van der Waals surface area (Å²) in [6, 6.07) is 1.80. The van der Waals surface area contributed by atoms with Gasteiger partial charge in [0.2, 0.25) is 6.41 Å². The largest absolute Gasteiger partial charge is 0.276 e. The molecule has 2 aromatic rings. The van der Waals surface area contributed by atoms with Gasteiger partial charge in [-0.2, -0.15) is 5.10 Å². The van der Waals surface area contributed by atoms with Crippen molar-refractivity contribution in [3.8, 4) is 0 Å². The van der Waals surface area contributed by atoms with Crippen LogP contribution in [0, 0.1) is 0 Å². The number of carbonyl (C=O) groups excluding carboxylic acids is 1. The molecule has 0 unspecified atom stereocenters. The van der Waals surface area contributed by atoms with Crippen LogP contribution >= 0.6 is 15.9 Å². The van der Waals surface area contributed by atoms with E-state index in [0.717, 1.165) is 4.47 Å². The van der Waals surface area contributed by atoms with Crippen LogP contribution in [0.25, 0.3) is 11.0 Å². The maximum atomic E-state index is 10.5. The zero-order valence-corrected chi connectivity index (χ0v) is 7.52. The van der Waals surface area contributed by atoms with Crippen molar-refractivity contribution in [2.45, 2.75) is 0 Å². The summed E-state index contributed by atoms with van der Waals surface area (Å²) in [5.41, 5.74) is 1.42. The van der Waals surface area contributed by atoms with Gasteiger partial charge in [0.05, 0.1) is 11.7 Å². The molecule has 5 heteroatoms. The van der Waals surface area contributed by atoms with Crippen LogP contribution in [0.5, 0.6) is 0 Å². The highest BCUT2D eigenvalue weighted by Crippen LogP contribution is 2.15. The van der Waals surface area contributed by atoms with Crippen LogP contribution in [0.1, 0.15) is 0 Å². The molecule has 2 aromatic heterocycles. The van der Waals surface area contributed by atoms with Crippen molar-refractivity contribution in [2.24, 2.45) is 0 Å². The van der Waals surface area contributed by atoms with E-state index in [1.54, 1.807) is 18.5 Å². The minimum absolute atomic E-state index is 0.649. The highest BCUT2D eigenvalue weighted by atomic mass is 79.9. The van der Waals surface area contributed by atoms with Crippen LogP contribution in [-0.4, -0.2) is 21.2 Å². The number of nitrogens with zero attached hydrogens (tertiary/aromatic N) is 3. The molecule has 0 aliphatic carbocycles. The highest BCUT2D eigenvalue weighted by molar-refractivity contribution is 9.10. The Bertz CT molecular complexity index is 437. The normalized spacial score (nSPS) is 10.4. The van der Waals surface area contributed by atoms with Gasteiger partial charge in [-0.15, -0.1) is 0 Å². The average molecular weight is 226 g/mol. The molecule has 0 fully saturated rings. The molecule has 12 heavy (non-hydrogen) atoms. The molecule has 0 N–H and O–H groups in total. The molecular formula is C7H4BrN3O. The van der Waals surface area contributed by atoms with Crippen LogP contribution in [0.3, 0.4) is 0 Å². The van der Waals surface area contributed by atoms with Crippen LogP contribution in [0.4, 0.5) is 0 Å². The SMILES string of the molecule is O=Cn1ncc2ncc(Br)cc21. The van der Waals surface area contributed by atoms with Gasteiger partial charge in [-0.25, -0.2) is 4.68 Å². The van der Waals surface area contributed by atoms with Crippen LogP contribution in [-0.2, 0) is 4.79 Å². The Morgan fingerprint density at radius 3 is 3.08 bits per heavy atom. The standard InChI is InChI=1S/C7H4BrN3O/c8-5-1-7-6(9-2-5)3-10-11(7)4-12/h1-4H. The van der Waals surface area contributed by atoms with E-state index < -0.39 is 0 Å². The van der Waals surface area contributed by atoms with Gasteiger partial charge < -0.3 is 0 Å². The van der Waals surface area contributed by atoms with Crippen molar-refractivity contribution in [1.29, 1.82) is 0 Å².